The van der Waals surface area contributed by atoms with Gasteiger partial charge in [-0.05, 0) is 25.2 Å². The number of hydrogen-bond donors (Lipinski definition) is 0. The maximum Gasteiger partial charge on any atom is 0.132 e. The number of halogens is 2. The van der Waals surface area contributed by atoms with Crippen LogP contribution in [-0.4, -0.2) is 15.9 Å². The minimum Gasteiger partial charge on any atom is -0.359 e. The lowest BCUT2D eigenvalue weighted by atomic mass is 9.91. The van der Waals surface area contributed by atoms with Crippen LogP contribution in [-0.2, 0) is 4.74 Å². The Morgan fingerprint density at radius 1 is 1.60 bits per heavy atom. The molecular formula is C12H18Br2O. The van der Waals surface area contributed by atoms with Gasteiger partial charge < -0.3 is 4.74 Å². The number of rotatable bonds is 4. The number of hydrogen-bond acceptors (Lipinski definition) is 1. The van der Waals surface area contributed by atoms with Gasteiger partial charge in [0.1, 0.15) is 4.51 Å². The van der Waals surface area contributed by atoms with Gasteiger partial charge in [0.2, 0.25) is 0 Å². The van der Waals surface area contributed by atoms with E-state index in [1.807, 2.05) is 6.08 Å². The molecule has 0 spiro atoms. The van der Waals surface area contributed by atoms with Crippen molar-refractivity contribution in [2.45, 2.75) is 36.8 Å². The second kappa shape index (κ2) is 6.21. The zero-order valence-electron chi connectivity index (χ0n) is 9.09. The molecule has 0 saturated carbocycles. The smallest absolute Gasteiger partial charge is 0.132 e. The molecule has 3 atom stereocenters. The molecule has 1 heterocycles. The fraction of sp³-hybridized carbons (Fsp3) is 0.667. The van der Waals surface area contributed by atoms with Gasteiger partial charge in [0.05, 0.1) is 6.10 Å². The highest BCUT2D eigenvalue weighted by Crippen LogP contribution is 2.39. The first-order chi connectivity index (χ1) is 7.11. The molecule has 86 valence electrons. The predicted molar refractivity (Wildman–Crippen MR) is 72.7 cm³/mol. The lowest BCUT2D eigenvalue weighted by Gasteiger charge is -2.39. The summed E-state index contributed by atoms with van der Waals surface area (Å²) in [6.45, 7) is 5.92. The average molecular weight is 338 g/mol. The van der Waals surface area contributed by atoms with E-state index in [1.165, 1.54) is 6.42 Å². The van der Waals surface area contributed by atoms with Crippen molar-refractivity contribution in [1.29, 1.82) is 0 Å². The standard InChI is InChI=1S/C12H18Br2O/c1-3-4-5-6-11-10(2)7-8-12(14,9-13)15-11/h3-5,10-11H,1,6-9H2,2H3/b5-4+/t10-,11-,12+/m1/s1. The van der Waals surface area contributed by atoms with Gasteiger partial charge in [-0.1, -0.05) is 63.6 Å². The molecule has 1 aliphatic rings. The molecule has 0 amide bonds. The molecule has 1 saturated heterocycles. The Bertz CT molecular complexity index is 240. The van der Waals surface area contributed by atoms with E-state index in [9.17, 15) is 0 Å². The summed E-state index contributed by atoms with van der Waals surface area (Å²) >= 11 is 7.15. The van der Waals surface area contributed by atoms with E-state index in [1.54, 1.807) is 6.08 Å². The van der Waals surface area contributed by atoms with Crippen molar-refractivity contribution in [3.05, 3.63) is 24.8 Å². The Morgan fingerprint density at radius 2 is 2.33 bits per heavy atom. The third-order valence-electron chi connectivity index (χ3n) is 2.81. The molecule has 0 radical (unpaired) electrons. The minimum atomic E-state index is -0.161. The van der Waals surface area contributed by atoms with Crippen LogP contribution in [0, 0.1) is 5.92 Å². The second-order valence-corrected chi connectivity index (χ2v) is 6.09. The van der Waals surface area contributed by atoms with Gasteiger partial charge in [-0.2, -0.15) is 0 Å². The molecule has 0 aliphatic carbocycles. The quantitative estimate of drug-likeness (QED) is 0.545. The molecule has 0 aromatic rings. The van der Waals surface area contributed by atoms with Crippen LogP contribution in [0.3, 0.4) is 0 Å². The highest BCUT2D eigenvalue weighted by Gasteiger charge is 2.36. The fourth-order valence-electron chi connectivity index (χ4n) is 1.76. The largest absolute Gasteiger partial charge is 0.359 e. The number of alkyl halides is 2. The van der Waals surface area contributed by atoms with Crippen LogP contribution in [0.25, 0.3) is 0 Å². The number of ether oxygens (including phenoxy) is 1. The zero-order chi connectivity index (χ0) is 11.3. The van der Waals surface area contributed by atoms with Gasteiger partial charge in [-0.15, -0.1) is 0 Å². The van der Waals surface area contributed by atoms with Crippen molar-refractivity contribution in [2.75, 3.05) is 5.33 Å². The third-order valence-corrected chi connectivity index (χ3v) is 5.33. The van der Waals surface area contributed by atoms with Crippen molar-refractivity contribution < 1.29 is 4.74 Å². The first-order valence-electron chi connectivity index (χ1n) is 5.31. The van der Waals surface area contributed by atoms with Crippen molar-refractivity contribution in [3.8, 4) is 0 Å². The van der Waals surface area contributed by atoms with Crippen LogP contribution in [0.1, 0.15) is 26.2 Å². The van der Waals surface area contributed by atoms with E-state index in [-0.39, 0.29) is 4.51 Å². The Labute approximate surface area is 109 Å². The van der Waals surface area contributed by atoms with E-state index in [0.29, 0.717) is 12.0 Å². The maximum absolute atomic E-state index is 6.07. The topological polar surface area (TPSA) is 9.23 Å². The molecule has 0 aromatic heterocycles. The first kappa shape index (κ1) is 13.5. The highest BCUT2D eigenvalue weighted by atomic mass is 79.9. The van der Waals surface area contributed by atoms with Gasteiger partial charge in [0, 0.05) is 5.33 Å². The molecule has 15 heavy (non-hydrogen) atoms. The molecule has 1 fully saturated rings. The fourth-order valence-corrected chi connectivity index (χ4v) is 2.64. The Kier molecular flexibility index (Phi) is 5.58. The SMILES string of the molecule is C=C/C=C/C[C@H]1O[C@](Br)(CBr)CC[C@H]1C. The summed E-state index contributed by atoms with van der Waals surface area (Å²) in [7, 11) is 0. The van der Waals surface area contributed by atoms with Gasteiger partial charge in [0.25, 0.3) is 0 Å². The molecule has 0 aromatic carbocycles. The van der Waals surface area contributed by atoms with Crippen molar-refractivity contribution in [2.24, 2.45) is 5.92 Å². The van der Waals surface area contributed by atoms with Crippen LogP contribution in [0.15, 0.2) is 24.8 Å². The number of allylic oxidation sites excluding steroid dienone is 2. The molecule has 0 unspecified atom stereocenters. The first-order valence-corrected chi connectivity index (χ1v) is 7.23. The third kappa shape index (κ3) is 4.04. The van der Waals surface area contributed by atoms with E-state index >= 15 is 0 Å². The summed E-state index contributed by atoms with van der Waals surface area (Å²) < 4.78 is 5.91. The molecule has 0 N–H and O–H groups in total. The predicted octanol–water partition coefficient (Wildman–Crippen LogP) is 4.42. The normalized spacial score (nSPS) is 37.0. The van der Waals surface area contributed by atoms with Crippen LogP contribution < -0.4 is 0 Å². The molecular weight excluding hydrogens is 320 g/mol. The van der Waals surface area contributed by atoms with Crippen molar-refractivity contribution in [1.82, 2.24) is 0 Å². The Morgan fingerprint density at radius 3 is 2.93 bits per heavy atom. The van der Waals surface area contributed by atoms with E-state index < -0.39 is 0 Å². The van der Waals surface area contributed by atoms with Gasteiger partial charge in [-0.3, -0.25) is 0 Å². The molecule has 1 aliphatic heterocycles. The summed E-state index contributed by atoms with van der Waals surface area (Å²) in [6, 6.07) is 0. The molecule has 3 heteroatoms. The molecule has 0 bridgehead atoms. The van der Waals surface area contributed by atoms with E-state index in [4.69, 9.17) is 4.74 Å². The zero-order valence-corrected chi connectivity index (χ0v) is 12.3. The monoisotopic (exact) mass is 336 g/mol. The van der Waals surface area contributed by atoms with Crippen LogP contribution >= 0.6 is 31.9 Å². The second-order valence-electron chi connectivity index (χ2n) is 4.09. The van der Waals surface area contributed by atoms with Crippen LogP contribution in [0.4, 0.5) is 0 Å². The van der Waals surface area contributed by atoms with Crippen LogP contribution in [0.2, 0.25) is 0 Å². The summed E-state index contributed by atoms with van der Waals surface area (Å²) in [4.78, 5) is 0. The van der Waals surface area contributed by atoms with Crippen molar-refractivity contribution >= 4 is 31.9 Å². The summed E-state index contributed by atoms with van der Waals surface area (Å²) in [5.41, 5.74) is 0. The average Bonchev–Trinajstić information content (AvgIpc) is 2.24. The van der Waals surface area contributed by atoms with Gasteiger partial charge in [-0.25, -0.2) is 0 Å². The highest BCUT2D eigenvalue weighted by molar-refractivity contribution is 9.12. The Balaban J connectivity index is 2.53. The maximum atomic E-state index is 6.07. The van der Waals surface area contributed by atoms with Crippen LogP contribution in [0.5, 0.6) is 0 Å². The van der Waals surface area contributed by atoms with E-state index in [0.717, 1.165) is 18.2 Å². The van der Waals surface area contributed by atoms with Crippen molar-refractivity contribution in [3.63, 3.8) is 0 Å². The summed E-state index contributed by atoms with van der Waals surface area (Å²) in [5.74, 6) is 0.629. The van der Waals surface area contributed by atoms with Gasteiger partial charge >= 0.3 is 0 Å². The minimum absolute atomic E-state index is 0.161. The lowest BCUT2D eigenvalue weighted by Crippen LogP contribution is -2.40. The molecule has 1 rings (SSSR count). The molecule has 1 nitrogen and oxygen atoms in total. The summed E-state index contributed by atoms with van der Waals surface area (Å²) in [5, 5.41) is 0.842. The van der Waals surface area contributed by atoms with Gasteiger partial charge in [0.15, 0.2) is 0 Å². The summed E-state index contributed by atoms with van der Waals surface area (Å²) in [6.07, 6.45) is 9.47. The Hall–Kier alpha value is 0.400. The van der Waals surface area contributed by atoms with E-state index in [2.05, 4.69) is 51.4 Å². The lowest BCUT2D eigenvalue weighted by molar-refractivity contribution is -0.0806.